The molecule has 0 aliphatic rings. The molecule has 2 aromatic carbocycles. The number of aryl methyl sites for hydroxylation is 1. The predicted octanol–water partition coefficient (Wildman–Crippen LogP) is 5.25. The summed E-state index contributed by atoms with van der Waals surface area (Å²) in [6.07, 6.45) is 0. The van der Waals surface area contributed by atoms with Gasteiger partial charge in [0, 0.05) is 16.6 Å². The normalized spacial score (nSPS) is 11.2. The first-order valence-corrected chi connectivity index (χ1v) is 9.33. The van der Waals surface area contributed by atoms with Gasteiger partial charge in [-0.25, -0.2) is 4.79 Å². The van der Waals surface area contributed by atoms with E-state index in [0.29, 0.717) is 24.6 Å². The second-order valence-corrected chi connectivity index (χ2v) is 7.17. The number of methoxy groups -OCH3 is 1. The fraction of sp³-hybridized carbons (Fsp3) is 0.348. The van der Waals surface area contributed by atoms with E-state index in [1.54, 1.807) is 0 Å². The van der Waals surface area contributed by atoms with Crippen LogP contribution in [0.5, 0.6) is 5.75 Å². The maximum absolute atomic E-state index is 12.2. The molecule has 4 nitrogen and oxygen atoms in total. The molecule has 1 heterocycles. The molecular formula is C23H27NO3. The first-order valence-electron chi connectivity index (χ1n) is 9.33. The molecule has 0 N–H and O–H groups in total. The molecule has 3 aromatic rings. The van der Waals surface area contributed by atoms with Gasteiger partial charge in [0.1, 0.15) is 12.4 Å². The van der Waals surface area contributed by atoms with Crippen molar-refractivity contribution in [3.63, 3.8) is 0 Å². The van der Waals surface area contributed by atoms with Crippen molar-refractivity contribution in [2.45, 2.75) is 40.2 Å². The highest BCUT2D eigenvalue weighted by molar-refractivity contribution is 6.05. The lowest BCUT2D eigenvalue weighted by atomic mass is 10.0. The van der Waals surface area contributed by atoms with Crippen molar-refractivity contribution in [2.75, 3.05) is 13.7 Å². The summed E-state index contributed by atoms with van der Waals surface area (Å²) in [5, 5.41) is 0.917. The van der Waals surface area contributed by atoms with Gasteiger partial charge in [-0.3, -0.25) is 0 Å². The summed E-state index contributed by atoms with van der Waals surface area (Å²) in [5.74, 6) is 1.04. The molecule has 3 rings (SSSR count). The van der Waals surface area contributed by atoms with Crippen molar-refractivity contribution in [3.05, 3.63) is 64.8 Å². The number of benzene rings is 2. The summed E-state index contributed by atoms with van der Waals surface area (Å²) in [5.41, 5.74) is 4.95. The van der Waals surface area contributed by atoms with Crippen LogP contribution in [0.25, 0.3) is 10.9 Å². The molecule has 27 heavy (non-hydrogen) atoms. The van der Waals surface area contributed by atoms with E-state index in [4.69, 9.17) is 9.47 Å². The topological polar surface area (TPSA) is 40.5 Å². The van der Waals surface area contributed by atoms with E-state index in [0.717, 1.165) is 22.3 Å². The molecule has 0 atom stereocenters. The Morgan fingerprint density at radius 1 is 1.11 bits per heavy atom. The van der Waals surface area contributed by atoms with E-state index in [9.17, 15) is 4.79 Å². The summed E-state index contributed by atoms with van der Waals surface area (Å²) in [6, 6.07) is 14.3. The number of rotatable bonds is 6. The SMILES string of the molecule is COC(=O)c1c(C)n(CCOc2cc(C)ccc2C(C)C)c2ccccc12. The van der Waals surface area contributed by atoms with Gasteiger partial charge in [-0.15, -0.1) is 0 Å². The van der Waals surface area contributed by atoms with Crippen molar-refractivity contribution >= 4 is 16.9 Å². The van der Waals surface area contributed by atoms with Crippen LogP contribution in [-0.2, 0) is 11.3 Å². The van der Waals surface area contributed by atoms with E-state index in [1.807, 2.05) is 31.2 Å². The molecule has 0 amide bonds. The third kappa shape index (κ3) is 3.70. The maximum atomic E-state index is 12.2. The number of nitrogens with zero attached hydrogens (tertiary/aromatic N) is 1. The van der Waals surface area contributed by atoms with Crippen molar-refractivity contribution in [2.24, 2.45) is 0 Å². The summed E-state index contributed by atoms with van der Waals surface area (Å²) < 4.78 is 13.3. The second kappa shape index (κ2) is 7.87. The average Bonchev–Trinajstić information content (AvgIpc) is 2.93. The molecule has 0 saturated carbocycles. The van der Waals surface area contributed by atoms with Crippen LogP contribution in [0.2, 0.25) is 0 Å². The van der Waals surface area contributed by atoms with Crippen LogP contribution in [0.1, 0.15) is 46.9 Å². The third-order valence-corrected chi connectivity index (χ3v) is 4.98. The molecule has 0 saturated heterocycles. The Morgan fingerprint density at radius 2 is 1.85 bits per heavy atom. The van der Waals surface area contributed by atoms with E-state index in [1.165, 1.54) is 18.2 Å². The number of esters is 1. The van der Waals surface area contributed by atoms with Gasteiger partial charge in [0.15, 0.2) is 0 Å². The van der Waals surface area contributed by atoms with Gasteiger partial charge in [0.25, 0.3) is 0 Å². The van der Waals surface area contributed by atoms with Crippen LogP contribution < -0.4 is 4.74 Å². The number of hydrogen-bond acceptors (Lipinski definition) is 3. The molecular weight excluding hydrogens is 338 g/mol. The lowest BCUT2D eigenvalue weighted by Gasteiger charge is -2.16. The second-order valence-electron chi connectivity index (χ2n) is 7.17. The standard InChI is InChI=1S/C23H27NO3/c1-15(2)18-11-10-16(3)14-21(18)27-13-12-24-17(4)22(23(25)26-5)19-8-6-7-9-20(19)24/h6-11,14-15H,12-13H2,1-5H3. The van der Waals surface area contributed by atoms with Gasteiger partial charge in [-0.05, 0) is 43.0 Å². The molecule has 0 aliphatic heterocycles. The number of hydrogen-bond donors (Lipinski definition) is 0. The molecule has 1 aromatic heterocycles. The number of para-hydroxylation sites is 1. The number of ether oxygens (including phenoxy) is 2. The molecule has 142 valence electrons. The van der Waals surface area contributed by atoms with Crippen LogP contribution in [0.4, 0.5) is 0 Å². The highest BCUT2D eigenvalue weighted by Crippen LogP contribution is 2.29. The molecule has 0 radical (unpaired) electrons. The van der Waals surface area contributed by atoms with Crippen LogP contribution in [0.3, 0.4) is 0 Å². The summed E-state index contributed by atoms with van der Waals surface area (Å²) in [7, 11) is 1.42. The Balaban J connectivity index is 1.88. The number of aromatic nitrogens is 1. The number of carbonyl (C=O) groups is 1. The lowest BCUT2D eigenvalue weighted by molar-refractivity contribution is 0.0601. The Labute approximate surface area is 160 Å². The Morgan fingerprint density at radius 3 is 2.56 bits per heavy atom. The highest BCUT2D eigenvalue weighted by Gasteiger charge is 2.20. The van der Waals surface area contributed by atoms with Gasteiger partial charge in [-0.2, -0.15) is 0 Å². The minimum Gasteiger partial charge on any atom is -0.491 e. The van der Waals surface area contributed by atoms with Gasteiger partial charge in [0.2, 0.25) is 0 Å². The van der Waals surface area contributed by atoms with Crippen molar-refractivity contribution in [3.8, 4) is 5.75 Å². The zero-order valence-corrected chi connectivity index (χ0v) is 16.7. The fourth-order valence-electron chi connectivity index (χ4n) is 3.57. The Bertz CT molecular complexity index is 969. The fourth-order valence-corrected chi connectivity index (χ4v) is 3.57. The van der Waals surface area contributed by atoms with E-state index >= 15 is 0 Å². The monoisotopic (exact) mass is 365 g/mol. The summed E-state index contributed by atoms with van der Waals surface area (Å²) in [6.45, 7) is 9.56. The Kier molecular flexibility index (Phi) is 5.54. The first kappa shape index (κ1) is 19.0. The average molecular weight is 365 g/mol. The first-order chi connectivity index (χ1) is 12.9. The van der Waals surface area contributed by atoms with Crippen LogP contribution in [-0.4, -0.2) is 24.3 Å². The van der Waals surface area contributed by atoms with E-state index < -0.39 is 0 Å². The van der Waals surface area contributed by atoms with Crippen LogP contribution in [0.15, 0.2) is 42.5 Å². The zero-order valence-electron chi connectivity index (χ0n) is 16.7. The molecule has 0 fully saturated rings. The summed E-state index contributed by atoms with van der Waals surface area (Å²) in [4.78, 5) is 12.2. The Hall–Kier alpha value is -2.75. The van der Waals surface area contributed by atoms with Crippen LogP contribution in [0, 0.1) is 13.8 Å². The predicted molar refractivity (Wildman–Crippen MR) is 109 cm³/mol. The smallest absolute Gasteiger partial charge is 0.340 e. The number of carbonyl (C=O) groups excluding carboxylic acids is 1. The van der Waals surface area contributed by atoms with Crippen LogP contribution >= 0.6 is 0 Å². The molecule has 0 spiro atoms. The van der Waals surface area contributed by atoms with Gasteiger partial charge in [-0.1, -0.05) is 44.2 Å². The van der Waals surface area contributed by atoms with Crippen molar-refractivity contribution < 1.29 is 14.3 Å². The van der Waals surface area contributed by atoms with Gasteiger partial charge < -0.3 is 14.0 Å². The molecule has 4 heteroatoms. The molecule has 0 bridgehead atoms. The lowest BCUT2D eigenvalue weighted by Crippen LogP contribution is -2.12. The molecule has 0 unspecified atom stereocenters. The summed E-state index contributed by atoms with van der Waals surface area (Å²) >= 11 is 0. The quantitative estimate of drug-likeness (QED) is 0.560. The maximum Gasteiger partial charge on any atom is 0.340 e. The van der Waals surface area contributed by atoms with Crippen molar-refractivity contribution in [1.29, 1.82) is 0 Å². The minimum absolute atomic E-state index is 0.302. The van der Waals surface area contributed by atoms with Crippen molar-refractivity contribution in [1.82, 2.24) is 4.57 Å². The largest absolute Gasteiger partial charge is 0.491 e. The highest BCUT2D eigenvalue weighted by atomic mass is 16.5. The van der Waals surface area contributed by atoms with E-state index in [2.05, 4.69) is 43.5 Å². The molecule has 0 aliphatic carbocycles. The number of fused-ring (bicyclic) bond motifs is 1. The van der Waals surface area contributed by atoms with E-state index in [-0.39, 0.29) is 5.97 Å². The minimum atomic E-state index is -0.302. The third-order valence-electron chi connectivity index (χ3n) is 4.98. The van der Waals surface area contributed by atoms with Gasteiger partial charge >= 0.3 is 5.97 Å². The van der Waals surface area contributed by atoms with Gasteiger partial charge in [0.05, 0.1) is 19.2 Å². The zero-order chi connectivity index (χ0) is 19.6.